The SMILES string of the molecule is CN(C)c1ccc(C2C3CC4C(C3)C42)cc1. The number of hydrogen-bond donors (Lipinski definition) is 0. The van der Waals surface area contributed by atoms with Gasteiger partial charge >= 0.3 is 0 Å². The van der Waals surface area contributed by atoms with Crippen LogP contribution in [0.15, 0.2) is 24.3 Å². The van der Waals surface area contributed by atoms with Crippen LogP contribution in [0.4, 0.5) is 5.69 Å². The van der Waals surface area contributed by atoms with E-state index in [1.54, 1.807) is 5.56 Å². The zero-order valence-electron chi connectivity index (χ0n) is 10.1. The first-order valence-corrected chi connectivity index (χ1v) is 6.53. The van der Waals surface area contributed by atoms with Crippen LogP contribution in [0.5, 0.6) is 0 Å². The van der Waals surface area contributed by atoms with Crippen LogP contribution in [0.3, 0.4) is 0 Å². The summed E-state index contributed by atoms with van der Waals surface area (Å²) in [5, 5.41) is 0. The Bertz CT molecular complexity index is 406. The van der Waals surface area contributed by atoms with Gasteiger partial charge in [-0.2, -0.15) is 0 Å². The van der Waals surface area contributed by atoms with Gasteiger partial charge in [0, 0.05) is 19.8 Å². The van der Waals surface area contributed by atoms with Gasteiger partial charge in [-0.1, -0.05) is 12.1 Å². The summed E-state index contributed by atoms with van der Waals surface area (Å²) in [5.41, 5.74) is 2.93. The Morgan fingerprint density at radius 2 is 1.62 bits per heavy atom. The number of hydrogen-bond acceptors (Lipinski definition) is 1. The molecule has 84 valence electrons. The zero-order valence-corrected chi connectivity index (χ0v) is 10.1. The largest absolute Gasteiger partial charge is 0.378 e. The zero-order chi connectivity index (χ0) is 10.9. The Labute approximate surface area is 97.5 Å². The van der Waals surface area contributed by atoms with Gasteiger partial charge in [-0.05, 0) is 60.1 Å². The van der Waals surface area contributed by atoms with Crippen LogP contribution in [0.1, 0.15) is 24.3 Å². The molecule has 1 aromatic rings. The summed E-state index contributed by atoms with van der Waals surface area (Å²) < 4.78 is 0. The second-order valence-corrected chi connectivity index (χ2v) is 6.15. The second-order valence-electron chi connectivity index (χ2n) is 6.15. The molecule has 4 fully saturated rings. The maximum atomic E-state index is 2.37. The molecule has 0 radical (unpaired) electrons. The van der Waals surface area contributed by atoms with E-state index in [2.05, 4.69) is 43.3 Å². The fourth-order valence-electron chi connectivity index (χ4n) is 4.56. The molecule has 3 unspecified atom stereocenters. The molecular formula is C15H19N. The van der Waals surface area contributed by atoms with Crippen LogP contribution in [0, 0.1) is 23.7 Å². The minimum absolute atomic E-state index is 0.922. The van der Waals surface area contributed by atoms with E-state index in [1.165, 1.54) is 18.5 Å². The van der Waals surface area contributed by atoms with Crippen molar-refractivity contribution in [2.45, 2.75) is 18.8 Å². The Morgan fingerprint density at radius 1 is 1.00 bits per heavy atom. The summed E-state index contributed by atoms with van der Waals surface area (Å²) in [5.74, 6) is 5.29. The van der Waals surface area contributed by atoms with Crippen molar-refractivity contribution in [1.29, 1.82) is 0 Å². The molecule has 4 saturated carbocycles. The first-order chi connectivity index (χ1) is 7.75. The lowest BCUT2D eigenvalue weighted by atomic mass is 9.90. The minimum Gasteiger partial charge on any atom is -0.378 e. The van der Waals surface area contributed by atoms with Crippen LogP contribution in [-0.4, -0.2) is 14.1 Å². The maximum absolute atomic E-state index is 2.37. The molecule has 0 aromatic heterocycles. The molecule has 4 bridgehead atoms. The first kappa shape index (κ1) is 9.09. The maximum Gasteiger partial charge on any atom is 0.0361 e. The highest BCUT2D eigenvalue weighted by Gasteiger charge is 2.68. The molecule has 5 rings (SSSR count). The van der Waals surface area contributed by atoms with E-state index in [-0.39, 0.29) is 0 Å². The van der Waals surface area contributed by atoms with Crippen molar-refractivity contribution in [3.8, 4) is 0 Å². The van der Waals surface area contributed by atoms with Crippen molar-refractivity contribution >= 4 is 5.69 Å². The van der Waals surface area contributed by atoms with E-state index in [4.69, 9.17) is 0 Å². The third-order valence-corrected chi connectivity index (χ3v) is 5.26. The molecule has 0 heterocycles. The summed E-state index contributed by atoms with van der Waals surface area (Å²) in [7, 11) is 4.22. The van der Waals surface area contributed by atoms with Gasteiger partial charge in [0.05, 0.1) is 0 Å². The normalized spacial score (nSPS) is 42.5. The molecule has 1 aromatic carbocycles. The van der Waals surface area contributed by atoms with Gasteiger partial charge < -0.3 is 4.90 Å². The molecule has 1 heteroatoms. The topological polar surface area (TPSA) is 3.24 Å². The van der Waals surface area contributed by atoms with Crippen molar-refractivity contribution in [3.05, 3.63) is 29.8 Å². The van der Waals surface area contributed by atoms with Gasteiger partial charge in [0.15, 0.2) is 0 Å². The second kappa shape index (κ2) is 2.82. The number of nitrogens with zero attached hydrogens (tertiary/aromatic N) is 1. The first-order valence-electron chi connectivity index (χ1n) is 6.53. The smallest absolute Gasteiger partial charge is 0.0361 e. The number of benzene rings is 1. The molecule has 16 heavy (non-hydrogen) atoms. The molecule has 4 aliphatic carbocycles. The molecule has 0 spiro atoms. The van der Waals surface area contributed by atoms with Crippen LogP contribution in [-0.2, 0) is 0 Å². The third kappa shape index (κ3) is 1.02. The minimum atomic E-state index is 0.922. The predicted octanol–water partition coefficient (Wildman–Crippen LogP) is 3.12. The summed E-state index contributed by atoms with van der Waals surface area (Å²) in [6.07, 6.45) is 3.07. The van der Waals surface area contributed by atoms with E-state index in [0.717, 1.165) is 29.6 Å². The monoisotopic (exact) mass is 213 g/mol. The fourth-order valence-corrected chi connectivity index (χ4v) is 4.56. The standard InChI is InChI=1S/C15H19N/c1-16(2)11-5-3-9(4-6-11)14-10-7-12-13(8-10)15(12)14/h3-6,10,12-15H,7-8H2,1-2H3. The summed E-state index contributed by atoms with van der Waals surface area (Å²) >= 11 is 0. The highest BCUT2D eigenvalue weighted by atomic mass is 15.1. The van der Waals surface area contributed by atoms with Crippen molar-refractivity contribution in [1.82, 2.24) is 0 Å². The molecule has 0 aliphatic heterocycles. The Morgan fingerprint density at radius 3 is 2.06 bits per heavy atom. The molecule has 3 atom stereocenters. The van der Waals surface area contributed by atoms with Gasteiger partial charge in [-0.3, -0.25) is 0 Å². The average molecular weight is 213 g/mol. The summed E-state index contributed by atoms with van der Waals surface area (Å²) in [6.45, 7) is 0. The van der Waals surface area contributed by atoms with E-state index in [1.807, 2.05) is 0 Å². The van der Waals surface area contributed by atoms with Gasteiger partial charge in [0.25, 0.3) is 0 Å². The van der Waals surface area contributed by atoms with Crippen molar-refractivity contribution in [2.75, 3.05) is 19.0 Å². The van der Waals surface area contributed by atoms with Crippen LogP contribution < -0.4 is 4.90 Å². The average Bonchev–Trinajstić information content (AvgIpc) is 2.74. The van der Waals surface area contributed by atoms with Gasteiger partial charge in [0.2, 0.25) is 0 Å². The number of anilines is 1. The van der Waals surface area contributed by atoms with E-state index in [9.17, 15) is 0 Å². The van der Waals surface area contributed by atoms with Crippen molar-refractivity contribution < 1.29 is 0 Å². The molecule has 0 saturated heterocycles. The predicted molar refractivity (Wildman–Crippen MR) is 66.7 cm³/mol. The quantitative estimate of drug-likeness (QED) is 0.729. The van der Waals surface area contributed by atoms with Crippen molar-refractivity contribution in [3.63, 3.8) is 0 Å². The van der Waals surface area contributed by atoms with Gasteiger partial charge in [-0.15, -0.1) is 0 Å². The molecule has 0 amide bonds. The van der Waals surface area contributed by atoms with E-state index in [0.29, 0.717) is 0 Å². The Balaban J connectivity index is 1.64. The molecule has 0 N–H and O–H groups in total. The summed E-state index contributed by atoms with van der Waals surface area (Å²) in [6, 6.07) is 9.30. The van der Waals surface area contributed by atoms with Crippen LogP contribution in [0.2, 0.25) is 0 Å². The highest BCUT2D eigenvalue weighted by molar-refractivity contribution is 5.47. The van der Waals surface area contributed by atoms with Gasteiger partial charge in [0.1, 0.15) is 0 Å². The molecular weight excluding hydrogens is 194 g/mol. The lowest BCUT2D eigenvalue weighted by Crippen LogP contribution is -2.09. The Kier molecular flexibility index (Phi) is 1.60. The van der Waals surface area contributed by atoms with E-state index >= 15 is 0 Å². The van der Waals surface area contributed by atoms with Crippen LogP contribution >= 0.6 is 0 Å². The lowest BCUT2D eigenvalue weighted by molar-refractivity contribution is 0.528. The lowest BCUT2D eigenvalue weighted by Gasteiger charge is -2.17. The van der Waals surface area contributed by atoms with Crippen molar-refractivity contribution in [2.24, 2.45) is 23.7 Å². The fraction of sp³-hybridized carbons (Fsp3) is 0.600. The number of rotatable bonds is 2. The highest BCUT2D eigenvalue weighted by Crippen LogP contribution is 2.76. The molecule has 4 aliphatic rings. The third-order valence-electron chi connectivity index (χ3n) is 5.26. The summed E-state index contributed by atoms with van der Waals surface area (Å²) in [4.78, 5) is 2.18. The van der Waals surface area contributed by atoms with Gasteiger partial charge in [-0.25, -0.2) is 0 Å². The van der Waals surface area contributed by atoms with E-state index < -0.39 is 0 Å². The molecule has 1 nitrogen and oxygen atoms in total. The van der Waals surface area contributed by atoms with Crippen LogP contribution in [0.25, 0.3) is 0 Å². The Hall–Kier alpha value is -0.980.